The van der Waals surface area contributed by atoms with Crippen molar-refractivity contribution in [3.05, 3.63) is 77.0 Å². The number of fused-ring (bicyclic) bond motifs is 5. The molecule has 4 aromatic carbocycles. The summed E-state index contributed by atoms with van der Waals surface area (Å²) in [5, 5.41) is 7.89. The molecule has 210 valence electrons. The first-order valence-corrected chi connectivity index (χ1v) is 15.5. The summed E-state index contributed by atoms with van der Waals surface area (Å²) in [4.78, 5) is 0. The number of hydrogen-bond donors (Lipinski definition) is 0. The second-order valence-corrected chi connectivity index (χ2v) is 13.3. The van der Waals surface area contributed by atoms with Crippen molar-refractivity contribution in [2.24, 2.45) is 18.9 Å². The van der Waals surface area contributed by atoms with Gasteiger partial charge in [-0.3, -0.25) is 0 Å². The summed E-state index contributed by atoms with van der Waals surface area (Å²) in [5.41, 5.74) is 8.07. The Morgan fingerprint density at radius 1 is 0.854 bits per heavy atom. The molecule has 0 atom stereocenters. The summed E-state index contributed by atoms with van der Waals surface area (Å²) in [6.07, 6.45) is 6.50. The first-order valence-electron chi connectivity index (χ1n) is 15.5. The fourth-order valence-corrected chi connectivity index (χ4v) is 7.53. The third kappa shape index (κ3) is 4.32. The molecule has 1 fully saturated rings. The van der Waals surface area contributed by atoms with Gasteiger partial charge in [0, 0.05) is 30.2 Å². The third-order valence-electron chi connectivity index (χ3n) is 9.31. The largest absolute Gasteiger partial charge is 0.455 e. The van der Waals surface area contributed by atoms with Gasteiger partial charge in [-0.05, 0) is 94.7 Å². The zero-order valence-corrected chi connectivity index (χ0v) is 25.4. The molecule has 0 aliphatic carbocycles. The Hall–Kier alpha value is -3.43. The van der Waals surface area contributed by atoms with Crippen molar-refractivity contribution in [1.82, 2.24) is 0 Å². The van der Waals surface area contributed by atoms with Gasteiger partial charge in [0.1, 0.15) is 18.5 Å². The third-order valence-corrected chi connectivity index (χ3v) is 9.31. The molecule has 0 N–H and O–H groups in total. The Kier molecular flexibility index (Phi) is 6.54. The summed E-state index contributed by atoms with van der Waals surface area (Å²) >= 11 is 0. The zero-order chi connectivity index (χ0) is 28.4. The highest BCUT2D eigenvalue weighted by Gasteiger charge is 2.34. The molecule has 0 radical (unpaired) electrons. The van der Waals surface area contributed by atoms with Gasteiger partial charge < -0.3 is 9.47 Å². The van der Waals surface area contributed by atoms with Gasteiger partial charge in [0.2, 0.25) is 5.69 Å². The van der Waals surface area contributed by atoms with E-state index >= 15 is 0 Å². The van der Waals surface area contributed by atoms with Crippen molar-refractivity contribution in [3.8, 4) is 22.8 Å². The van der Waals surface area contributed by atoms with E-state index in [1.807, 2.05) is 0 Å². The summed E-state index contributed by atoms with van der Waals surface area (Å²) in [6.45, 7) is 13.2. The highest BCUT2D eigenvalue weighted by molar-refractivity contribution is 6.17. The first-order chi connectivity index (χ1) is 19.8. The minimum atomic E-state index is 0.522. The van der Waals surface area contributed by atoms with Gasteiger partial charge in [-0.15, -0.1) is 0 Å². The number of rotatable bonds is 5. The zero-order valence-electron chi connectivity index (χ0n) is 25.4. The van der Waals surface area contributed by atoms with Crippen LogP contribution in [0.25, 0.3) is 43.6 Å². The average Bonchev–Trinajstić information content (AvgIpc) is 2.96. The molecule has 0 unspecified atom stereocenters. The van der Waals surface area contributed by atoms with Crippen LogP contribution in [0.4, 0.5) is 0 Å². The van der Waals surface area contributed by atoms with Gasteiger partial charge in [-0.25, -0.2) is 4.57 Å². The summed E-state index contributed by atoms with van der Waals surface area (Å²) in [5.74, 6) is 3.71. The second kappa shape index (κ2) is 10.1. The van der Waals surface area contributed by atoms with Gasteiger partial charge in [-0.1, -0.05) is 64.1 Å². The number of nitrogens with zero attached hydrogens (tertiary/aromatic N) is 1. The lowest BCUT2D eigenvalue weighted by atomic mass is 9.83. The van der Waals surface area contributed by atoms with Crippen LogP contribution in [0, 0.1) is 18.8 Å². The number of hydrogen-bond acceptors (Lipinski definition) is 2. The minimum Gasteiger partial charge on any atom is -0.455 e. The van der Waals surface area contributed by atoms with Crippen LogP contribution < -0.4 is 9.30 Å². The summed E-state index contributed by atoms with van der Waals surface area (Å²) < 4.78 is 15.1. The molecule has 0 amide bonds. The predicted molar refractivity (Wildman–Crippen MR) is 170 cm³/mol. The standard InChI is InChI=1S/C38H42NO2/c1-22(2)18-25-10-11-29-31(20-25)24(5)34-37-36-30(12-15-39(37)6)35-27(8-7-9-28(35)26-13-16-40-17-14-26)21-33(36)41-38(34)32(29)19-23(3)4/h7-12,15,20-23,26H,13-14,16-19H2,1-6H3/q+1. The van der Waals surface area contributed by atoms with Gasteiger partial charge >= 0.3 is 0 Å². The van der Waals surface area contributed by atoms with E-state index in [1.165, 1.54) is 65.8 Å². The van der Waals surface area contributed by atoms with E-state index in [1.54, 1.807) is 0 Å². The highest BCUT2D eigenvalue weighted by atomic mass is 16.5. The van der Waals surface area contributed by atoms with Crippen LogP contribution in [-0.2, 0) is 24.6 Å². The molecule has 3 heteroatoms. The Labute approximate surface area is 244 Å². The van der Waals surface area contributed by atoms with Crippen LogP contribution in [0.1, 0.15) is 68.7 Å². The van der Waals surface area contributed by atoms with Gasteiger partial charge in [0.25, 0.3) is 0 Å². The molecule has 2 aliphatic heterocycles. The van der Waals surface area contributed by atoms with Crippen LogP contribution >= 0.6 is 0 Å². The summed E-state index contributed by atoms with van der Waals surface area (Å²) in [6, 6.07) is 18.6. The Morgan fingerprint density at radius 2 is 1.63 bits per heavy atom. The molecule has 0 bridgehead atoms. The molecule has 0 spiro atoms. The van der Waals surface area contributed by atoms with Crippen LogP contribution in [0.15, 0.2) is 54.7 Å². The maximum absolute atomic E-state index is 7.08. The maximum atomic E-state index is 7.08. The molecule has 3 nitrogen and oxygen atoms in total. The fraction of sp³-hybridized carbons (Fsp3) is 0.395. The Balaban J connectivity index is 1.57. The molecular weight excluding hydrogens is 502 g/mol. The molecule has 41 heavy (non-hydrogen) atoms. The number of benzene rings is 4. The lowest BCUT2D eigenvalue weighted by Gasteiger charge is -2.28. The number of aryl methyl sites for hydroxylation is 2. The number of pyridine rings is 1. The van der Waals surface area contributed by atoms with E-state index in [-0.39, 0.29) is 0 Å². The van der Waals surface area contributed by atoms with E-state index < -0.39 is 0 Å². The van der Waals surface area contributed by atoms with E-state index in [0.29, 0.717) is 17.8 Å². The first kappa shape index (κ1) is 26.5. The molecule has 2 aliphatic rings. The van der Waals surface area contributed by atoms with E-state index in [2.05, 4.69) is 101 Å². The lowest BCUT2D eigenvalue weighted by molar-refractivity contribution is -0.659. The Morgan fingerprint density at radius 3 is 2.39 bits per heavy atom. The van der Waals surface area contributed by atoms with Gasteiger partial charge in [-0.2, -0.15) is 0 Å². The van der Waals surface area contributed by atoms with E-state index in [0.717, 1.165) is 50.4 Å². The van der Waals surface area contributed by atoms with Crippen molar-refractivity contribution < 1.29 is 14.0 Å². The predicted octanol–water partition coefficient (Wildman–Crippen LogP) is 9.34. The smallest absolute Gasteiger partial charge is 0.228 e. The van der Waals surface area contributed by atoms with Crippen LogP contribution in [-0.4, -0.2) is 13.2 Å². The molecule has 5 aromatic rings. The lowest BCUT2D eigenvalue weighted by Crippen LogP contribution is -2.32. The highest BCUT2D eigenvalue weighted by Crippen LogP contribution is 2.53. The topological polar surface area (TPSA) is 22.3 Å². The van der Waals surface area contributed by atoms with E-state index in [9.17, 15) is 0 Å². The monoisotopic (exact) mass is 544 g/mol. The van der Waals surface area contributed by atoms with Crippen molar-refractivity contribution in [1.29, 1.82) is 0 Å². The molecular formula is C38H42NO2+. The molecule has 3 heterocycles. The molecule has 1 aromatic heterocycles. The van der Waals surface area contributed by atoms with Crippen molar-refractivity contribution in [2.45, 2.75) is 66.2 Å². The maximum Gasteiger partial charge on any atom is 0.228 e. The quantitative estimate of drug-likeness (QED) is 0.159. The minimum absolute atomic E-state index is 0.522. The molecule has 1 saturated heterocycles. The molecule has 0 saturated carbocycles. The second-order valence-electron chi connectivity index (χ2n) is 13.3. The van der Waals surface area contributed by atoms with Gasteiger partial charge in [0.15, 0.2) is 6.20 Å². The van der Waals surface area contributed by atoms with Crippen molar-refractivity contribution in [2.75, 3.05) is 13.2 Å². The van der Waals surface area contributed by atoms with Crippen LogP contribution in [0.5, 0.6) is 11.5 Å². The molecule has 7 rings (SSSR count). The normalized spacial score (nSPS) is 15.3. The number of ether oxygens (including phenoxy) is 2. The van der Waals surface area contributed by atoms with Gasteiger partial charge in [0.05, 0.1) is 10.9 Å². The van der Waals surface area contributed by atoms with E-state index in [4.69, 9.17) is 9.47 Å². The van der Waals surface area contributed by atoms with Crippen LogP contribution in [0.3, 0.4) is 0 Å². The number of aromatic nitrogens is 1. The average molecular weight is 545 g/mol. The van der Waals surface area contributed by atoms with Crippen LogP contribution in [0.2, 0.25) is 0 Å². The Bertz CT molecular complexity index is 1820. The van der Waals surface area contributed by atoms with Crippen molar-refractivity contribution >= 4 is 32.3 Å². The summed E-state index contributed by atoms with van der Waals surface area (Å²) in [7, 11) is 2.20. The SMILES string of the molecule is Cc1c2c(c(CC(C)C)c3ccc(CC(C)C)cc13)Oc1cc3cccc(C4CCOCC4)c3c3cc[n+](C)c-2c13. The van der Waals surface area contributed by atoms with Crippen molar-refractivity contribution in [3.63, 3.8) is 0 Å². The fourth-order valence-electron chi connectivity index (χ4n) is 7.53.